The molecule has 0 radical (unpaired) electrons. The van der Waals surface area contributed by atoms with Gasteiger partial charge in [0.05, 0.1) is 17.1 Å². The Hall–Kier alpha value is -1.95. The molecule has 1 fully saturated rings. The number of nitro groups is 1. The summed E-state index contributed by atoms with van der Waals surface area (Å²) in [4.78, 5) is 24.0. The van der Waals surface area contributed by atoms with E-state index in [1.807, 2.05) is 0 Å². The van der Waals surface area contributed by atoms with E-state index >= 15 is 0 Å². The lowest BCUT2D eigenvalue weighted by Gasteiger charge is -2.18. The molecule has 120 valence electrons. The molecule has 2 rings (SSSR count). The number of rotatable bonds is 6. The molecule has 0 spiro atoms. The molecule has 0 bridgehead atoms. The highest BCUT2D eigenvalue weighted by atomic mass is 16.6. The number of ether oxygens (including phenoxy) is 1. The highest BCUT2D eigenvalue weighted by Gasteiger charge is 2.22. The normalized spacial score (nSPS) is 20.8. The summed E-state index contributed by atoms with van der Waals surface area (Å²) in [6, 6.07) is 6.29. The highest BCUT2D eigenvalue weighted by Crippen LogP contribution is 2.23. The molecule has 6 nitrogen and oxygen atoms in total. The second-order valence-electron chi connectivity index (χ2n) is 5.86. The van der Waals surface area contributed by atoms with Gasteiger partial charge in [0.1, 0.15) is 0 Å². The number of carbonyl (C=O) groups is 1. The number of carbonyl (C=O) groups excluding carboxylic acids is 1. The lowest BCUT2D eigenvalue weighted by Crippen LogP contribution is -2.27. The van der Waals surface area contributed by atoms with E-state index in [0.29, 0.717) is 19.1 Å². The molecule has 1 aromatic rings. The summed E-state index contributed by atoms with van der Waals surface area (Å²) in [6.07, 6.45) is 3.83. The van der Waals surface area contributed by atoms with Crippen molar-refractivity contribution >= 4 is 11.6 Å². The first-order valence-electron chi connectivity index (χ1n) is 7.58. The second-order valence-corrected chi connectivity index (χ2v) is 5.86. The summed E-state index contributed by atoms with van der Waals surface area (Å²) in [7, 11) is 1.75. The van der Waals surface area contributed by atoms with E-state index in [4.69, 9.17) is 4.74 Å². The van der Waals surface area contributed by atoms with Crippen molar-refractivity contribution in [3.63, 3.8) is 0 Å². The van der Waals surface area contributed by atoms with Crippen molar-refractivity contribution in [3.8, 4) is 0 Å². The van der Waals surface area contributed by atoms with Crippen LogP contribution in [0.5, 0.6) is 0 Å². The Balaban J connectivity index is 1.79. The van der Waals surface area contributed by atoms with Crippen molar-refractivity contribution in [2.24, 2.45) is 0 Å². The van der Waals surface area contributed by atoms with Gasteiger partial charge in [-0.05, 0) is 31.7 Å². The SMILES string of the molecule is CC1CCC(CCC(=O)N(C)Cc2ccc([N+](=O)[O-])cc2)O1. The van der Waals surface area contributed by atoms with Crippen molar-refractivity contribution in [2.75, 3.05) is 7.05 Å². The van der Waals surface area contributed by atoms with Gasteiger partial charge in [-0.1, -0.05) is 12.1 Å². The van der Waals surface area contributed by atoms with Crippen LogP contribution in [-0.4, -0.2) is 35.0 Å². The second kappa shape index (κ2) is 7.35. The minimum absolute atomic E-state index is 0.0604. The maximum Gasteiger partial charge on any atom is 0.269 e. The average molecular weight is 306 g/mol. The van der Waals surface area contributed by atoms with Crippen molar-refractivity contribution in [3.05, 3.63) is 39.9 Å². The Morgan fingerprint density at radius 1 is 1.36 bits per heavy atom. The smallest absolute Gasteiger partial charge is 0.269 e. The lowest BCUT2D eigenvalue weighted by molar-refractivity contribution is -0.384. The van der Waals surface area contributed by atoms with Crippen LogP contribution < -0.4 is 0 Å². The Bertz CT molecular complexity index is 529. The zero-order chi connectivity index (χ0) is 16.1. The van der Waals surface area contributed by atoms with Crippen LogP contribution in [0.25, 0.3) is 0 Å². The van der Waals surface area contributed by atoms with Gasteiger partial charge in [0.15, 0.2) is 0 Å². The molecule has 2 unspecified atom stereocenters. The van der Waals surface area contributed by atoms with E-state index in [-0.39, 0.29) is 17.7 Å². The standard InChI is InChI=1S/C16H22N2O4/c1-12-3-8-15(22-12)9-10-16(19)17(2)11-13-4-6-14(7-5-13)18(20)21/h4-7,12,15H,3,8-11H2,1-2H3. The molecular formula is C16H22N2O4. The van der Waals surface area contributed by atoms with Crippen LogP contribution in [0.15, 0.2) is 24.3 Å². The third-order valence-electron chi connectivity index (χ3n) is 3.99. The Kier molecular flexibility index (Phi) is 5.49. The van der Waals surface area contributed by atoms with E-state index < -0.39 is 4.92 Å². The zero-order valence-electron chi connectivity index (χ0n) is 13.0. The van der Waals surface area contributed by atoms with E-state index in [1.54, 1.807) is 24.1 Å². The van der Waals surface area contributed by atoms with Gasteiger partial charge in [0.25, 0.3) is 5.69 Å². The Morgan fingerprint density at radius 3 is 2.59 bits per heavy atom. The number of benzene rings is 1. The minimum Gasteiger partial charge on any atom is -0.375 e. The van der Waals surface area contributed by atoms with Gasteiger partial charge < -0.3 is 9.64 Å². The van der Waals surface area contributed by atoms with Gasteiger partial charge in [0.2, 0.25) is 5.91 Å². The van der Waals surface area contributed by atoms with E-state index in [1.165, 1.54) is 12.1 Å². The van der Waals surface area contributed by atoms with Gasteiger partial charge in [-0.2, -0.15) is 0 Å². The first kappa shape index (κ1) is 16.4. The monoisotopic (exact) mass is 306 g/mol. The fourth-order valence-electron chi connectivity index (χ4n) is 2.66. The summed E-state index contributed by atoms with van der Waals surface area (Å²) in [5, 5.41) is 10.6. The molecule has 0 aliphatic carbocycles. The third-order valence-corrected chi connectivity index (χ3v) is 3.99. The molecule has 1 saturated heterocycles. The van der Waals surface area contributed by atoms with Gasteiger partial charge in [-0.3, -0.25) is 14.9 Å². The average Bonchev–Trinajstić information content (AvgIpc) is 2.91. The molecule has 6 heteroatoms. The van der Waals surface area contributed by atoms with Gasteiger partial charge in [-0.25, -0.2) is 0 Å². The molecule has 1 heterocycles. The first-order valence-corrected chi connectivity index (χ1v) is 7.58. The Morgan fingerprint density at radius 2 is 2.05 bits per heavy atom. The number of amides is 1. The van der Waals surface area contributed by atoms with Gasteiger partial charge in [0, 0.05) is 32.1 Å². The van der Waals surface area contributed by atoms with Gasteiger partial charge >= 0.3 is 0 Å². The molecular weight excluding hydrogens is 284 g/mol. The van der Waals surface area contributed by atoms with Crippen LogP contribution in [0.3, 0.4) is 0 Å². The van der Waals surface area contributed by atoms with Crippen LogP contribution in [0.4, 0.5) is 5.69 Å². The summed E-state index contributed by atoms with van der Waals surface area (Å²) in [5.41, 5.74) is 0.942. The predicted octanol–water partition coefficient (Wildman–Crippen LogP) is 2.90. The molecule has 0 aromatic heterocycles. The minimum atomic E-state index is -0.429. The molecule has 1 aromatic carbocycles. The molecule has 1 amide bonds. The highest BCUT2D eigenvalue weighted by molar-refractivity contribution is 5.75. The van der Waals surface area contributed by atoms with Crippen LogP contribution in [0, 0.1) is 10.1 Å². The third kappa shape index (κ3) is 4.53. The van der Waals surface area contributed by atoms with Gasteiger partial charge in [-0.15, -0.1) is 0 Å². The maximum atomic E-state index is 12.1. The van der Waals surface area contributed by atoms with E-state index in [0.717, 1.165) is 24.8 Å². The maximum absolute atomic E-state index is 12.1. The van der Waals surface area contributed by atoms with Crippen LogP contribution >= 0.6 is 0 Å². The largest absolute Gasteiger partial charge is 0.375 e. The molecule has 0 N–H and O–H groups in total. The number of nitrogens with zero attached hydrogens (tertiary/aromatic N) is 2. The predicted molar refractivity (Wildman–Crippen MR) is 82.4 cm³/mol. The van der Waals surface area contributed by atoms with Crippen molar-refractivity contribution < 1.29 is 14.5 Å². The fourth-order valence-corrected chi connectivity index (χ4v) is 2.66. The van der Waals surface area contributed by atoms with Crippen molar-refractivity contribution in [1.82, 2.24) is 4.90 Å². The molecule has 0 saturated carbocycles. The number of non-ortho nitro benzene ring substituents is 1. The summed E-state index contributed by atoms with van der Waals surface area (Å²) in [5.74, 6) is 0.0708. The first-order chi connectivity index (χ1) is 10.5. The summed E-state index contributed by atoms with van der Waals surface area (Å²) < 4.78 is 5.71. The number of nitro benzene ring substituents is 1. The topological polar surface area (TPSA) is 72.7 Å². The quantitative estimate of drug-likeness (QED) is 0.598. The molecule has 22 heavy (non-hydrogen) atoms. The van der Waals surface area contributed by atoms with E-state index in [2.05, 4.69) is 6.92 Å². The molecule has 1 aliphatic heterocycles. The van der Waals surface area contributed by atoms with E-state index in [9.17, 15) is 14.9 Å². The lowest BCUT2D eigenvalue weighted by atomic mass is 10.1. The zero-order valence-corrected chi connectivity index (χ0v) is 13.0. The van der Waals surface area contributed by atoms with Crippen LogP contribution in [0.2, 0.25) is 0 Å². The summed E-state index contributed by atoms with van der Waals surface area (Å²) in [6.45, 7) is 2.52. The number of hydrogen-bond donors (Lipinski definition) is 0. The molecule has 2 atom stereocenters. The number of hydrogen-bond acceptors (Lipinski definition) is 4. The van der Waals surface area contributed by atoms with Crippen molar-refractivity contribution in [2.45, 2.75) is 51.4 Å². The van der Waals surface area contributed by atoms with Crippen LogP contribution in [0.1, 0.15) is 38.2 Å². The fraction of sp³-hybridized carbons (Fsp3) is 0.562. The van der Waals surface area contributed by atoms with Crippen LogP contribution in [-0.2, 0) is 16.1 Å². The summed E-state index contributed by atoms with van der Waals surface area (Å²) >= 11 is 0. The Labute approximate surface area is 130 Å². The van der Waals surface area contributed by atoms with Crippen molar-refractivity contribution in [1.29, 1.82) is 0 Å². The molecule has 1 aliphatic rings.